The summed E-state index contributed by atoms with van der Waals surface area (Å²) in [4.78, 5) is 0. The number of benzene rings is 1. The Kier molecular flexibility index (Phi) is 6.23. The molecule has 1 N–H and O–H groups in total. The number of nitrogens with zero attached hydrogens (tertiary/aromatic N) is 2. The Labute approximate surface area is 184 Å². The number of hydrazine groups is 1. The van der Waals surface area contributed by atoms with Crippen molar-refractivity contribution >= 4 is 15.7 Å². The van der Waals surface area contributed by atoms with Gasteiger partial charge in [-0.2, -0.15) is 4.31 Å². The number of rotatable bonds is 8. The van der Waals surface area contributed by atoms with E-state index in [0.717, 1.165) is 24.2 Å². The van der Waals surface area contributed by atoms with Crippen molar-refractivity contribution in [3.05, 3.63) is 64.8 Å². The molecule has 0 radical (unpaired) electrons. The van der Waals surface area contributed by atoms with Crippen molar-refractivity contribution in [3.8, 4) is 0 Å². The van der Waals surface area contributed by atoms with Gasteiger partial charge in [0.05, 0.1) is 23.7 Å². The van der Waals surface area contributed by atoms with Crippen LogP contribution in [0.1, 0.15) is 26.7 Å². The number of sulfonamides is 1. The van der Waals surface area contributed by atoms with E-state index in [1.807, 2.05) is 11.2 Å². The summed E-state index contributed by atoms with van der Waals surface area (Å²) in [6, 6.07) is 6.44. The van der Waals surface area contributed by atoms with Crippen LogP contribution in [0.25, 0.3) is 0 Å². The van der Waals surface area contributed by atoms with E-state index >= 15 is 0 Å². The largest absolute Gasteiger partial charge is 0.383 e. The second-order valence-electron chi connectivity index (χ2n) is 8.26. The third-order valence-electron chi connectivity index (χ3n) is 6.51. The van der Waals surface area contributed by atoms with E-state index in [9.17, 15) is 12.8 Å². The Bertz CT molecular complexity index is 1030. The van der Waals surface area contributed by atoms with Crippen LogP contribution in [0.5, 0.6) is 0 Å². The third-order valence-corrected chi connectivity index (χ3v) is 8.36. The lowest BCUT2D eigenvalue weighted by atomic mass is 9.80. The van der Waals surface area contributed by atoms with Gasteiger partial charge in [0.15, 0.2) is 0 Å². The molecule has 0 amide bonds. The van der Waals surface area contributed by atoms with Gasteiger partial charge in [-0.05, 0) is 61.6 Å². The number of hydrogen-bond donors (Lipinski definition) is 1. The van der Waals surface area contributed by atoms with Crippen molar-refractivity contribution < 1.29 is 17.5 Å². The minimum atomic E-state index is -3.29. The number of fused-ring (bicyclic) bond motifs is 1. The number of hydrogen-bond acceptors (Lipinski definition) is 5. The van der Waals surface area contributed by atoms with Crippen LogP contribution >= 0.6 is 0 Å². The molecular formula is C23H30FN3O3S. The van der Waals surface area contributed by atoms with Crippen LogP contribution in [0.4, 0.5) is 10.1 Å². The highest BCUT2D eigenvalue weighted by Gasteiger charge is 2.39. The number of methoxy groups -OCH3 is 1. The molecule has 1 aromatic rings. The summed E-state index contributed by atoms with van der Waals surface area (Å²) in [7, 11) is -1.70. The number of allylic oxidation sites excluding steroid dienone is 3. The quantitative estimate of drug-likeness (QED) is 0.660. The molecule has 3 aliphatic rings. The first-order valence-corrected chi connectivity index (χ1v) is 12.4. The van der Waals surface area contributed by atoms with Gasteiger partial charge < -0.3 is 10.2 Å². The highest BCUT2D eigenvalue weighted by atomic mass is 32.2. The zero-order chi connectivity index (χ0) is 22.2. The Hall–Kier alpha value is -2.16. The highest BCUT2D eigenvalue weighted by Crippen LogP contribution is 2.48. The Morgan fingerprint density at radius 1 is 1.29 bits per heavy atom. The maximum absolute atomic E-state index is 13.4. The Morgan fingerprint density at radius 3 is 2.71 bits per heavy atom. The highest BCUT2D eigenvalue weighted by molar-refractivity contribution is 7.89. The molecule has 0 bridgehead atoms. The summed E-state index contributed by atoms with van der Waals surface area (Å²) in [6.07, 6.45) is 6.09. The monoisotopic (exact) mass is 447 g/mol. The third kappa shape index (κ3) is 4.16. The van der Waals surface area contributed by atoms with Crippen LogP contribution in [-0.4, -0.2) is 45.3 Å². The average Bonchev–Trinajstić information content (AvgIpc) is 3.36. The fourth-order valence-electron chi connectivity index (χ4n) is 4.87. The maximum atomic E-state index is 13.4. The summed E-state index contributed by atoms with van der Waals surface area (Å²) < 4.78 is 45.3. The van der Waals surface area contributed by atoms with Crippen LogP contribution in [0, 0.1) is 17.7 Å². The molecule has 0 aromatic heterocycles. The summed E-state index contributed by atoms with van der Waals surface area (Å²) in [5, 5.41) is 1.98. The van der Waals surface area contributed by atoms with Gasteiger partial charge in [-0.1, -0.05) is 12.5 Å². The Morgan fingerprint density at radius 2 is 2.03 bits per heavy atom. The minimum Gasteiger partial charge on any atom is -0.383 e. The summed E-state index contributed by atoms with van der Waals surface area (Å²) in [5.74, 6) is 0.220. The molecule has 0 saturated heterocycles. The van der Waals surface area contributed by atoms with Crippen LogP contribution in [0.15, 0.2) is 59.0 Å². The van der Waals surface area contributed by atoms with E-state index in [2.05, 4.69) is 18.4 Å². The minimum absolute atomic E-state index is 0.0939. The van der Waals surface area contributed by atoms with Crippen LogP contribution in [0.2, 0.25) is 0 Å². The first-order valence-electron chi connectivity index (χ1n) is 10.8. The van der Waals surface area contributed by atoms with Crippen LogP contribution in [-0.2, 0) is 14.8 Å². The number of nitrogens with one attached hydrogen (secondary N) is 1. The van der Waals surface area contributed by atoms with Crippen molar-refractivity contribution in [2.75, 3.05) is 37.6 Å². The molecule has 0 fully saturated rings. The lowest BCUT2D eigenvalue weighted by molar-refractivity contribution is 0.175. The number of halogens is 1. The molecule has 1 aromatic carbocycles. The first kappa shape index (κ1) is 22.0. The summed E-state index contributed by atoms with van der Waals surface area (Å²) in [6.45, 7) is 5.14. The second kappa shape index (κ2) is 8.76. The van der Waals surface area contributed by atoms with Gasteiger partial charge in [0.2, 0.25) is 10.0 Å². The van der Waals surface area contributed by atoms with Crippen LogP contribution in [0.3, 0.4) is 0 Å². The second-order valence-corrected chi connectivity index (χ2v) is 10.5. The Balaban J connectivity index is 1.60. The van der Waals surface area contributed by atoms with Crippen molar-refractivity contribution in [1.29, 1.82) is 0 Å². The molecule has 0 spiro atoms. The standard InChI is InChI=1S/C23H30FN3O3S/c1-4-31(28,29)26(11-12-30-3)15-18-6-5-17-13-22-21(16(2)23(17)18)14-25-27(22)20-9-7-19(24)8-10-20/h7-10,13-14,16,18,25H,4-6,11-12,15H2,1-3H3/t16-,18+/m0/s1. The van der Waals surface area contributed by atoms with E-state index in [1.54, 1.807) is 30.5 Å². The van der Waals surface area contributed by atoms with E-state index in [1.165, 1.54) is 28.9 Å². The zero-order valence-corrected chi connectivity index (χ0v) is 19.1. The summed E-state index contributed by atoms with van der Waals surface area (Å²) in [5.41, 5.74) is 9.07. The number of ether oxygens (including phenoxy) is 1. The first-order chi connectivity index (χ1) is 14.9. The molecule has 8 heteroatoms. The summed E-state index contributed by atoms with van der Waals surface area (Å²) >= 11 is 0. The van der Waals surface area contributed by atoms with Crippen molar-refractivity contribution in [2.24, 2.45) is 11.8 Å². The molecule has 168 valence electrons. The van der Waals surface area contributed by atoms with Gasteiger partial charge in [0.1, 0.15) is 5.82 Å². The van der Waals surface area contributed by atoms with E-state index < -0.39 is 10.0 Å². The molecule has 0 saturated carbocycles. The van der Waals surface area contributed by atoms with Gasteiger partial charge in [0.25, 0.3) is 0 Å². The van der Waals surface area contributed by atoms with E-state index in [4.69, 9.17) is 4.74 Å². The van der Waals surface area contributed by atoms with Gasteiger partial charge in [0, 0.05) is 37.9 Å². The van der Waals surface area contributed by atoms with Crippen molar-refractivity contribution in [3.63, 3.8) is 0 Å². The molecule has 2 aliphatic carbocycles. The van der Waals surface area contributed by atoms with Crippen molar-refractivity contribution in [2.45, 2.75) is 26.7 Å². The van der Waals surface area contributed by atoms with Gasteiger partial charge in [-0.15, -0.1) is 0 Å². The predicted molar refractivity (Wildman–Crippen MR) is 120 cm³/mol. The fourth-order valence-corrected chi connectivity index (χ4v) is 6.00. The molecule has 1 aliphatic heterocycles. The molecule has 2 atom stereocenters. The molecule has 1 heterocycles. The molecule has 0 unspecified atom stereocenters. The van der Waals surface area contributed by atoms with E-state index in [-0.39, 0.29) is 23.4 Å². The lowest BCUT2D eigenvalue weighted by Crippen LogP contribution is -2.39. The normalized spacial score (nSPS) is 22.9. The van der Waals surface area contributed by atoms with Gasteiger partial charge in [-0.3, -0.25) is 5.01 Å². The smallest absolute Gasteiger partial charge is 0.213 e. The molecule has 4 rings (SSSR count). The van der Waals surface area contributed by atoms with Gasteiger partial charge in [-0.25, -0.2) is 12.8 Å². The fraction of sp³-hybridized carbons (Fsp3) is 0.478. The zero-order valence-electron chi connectivity index (χ0n) is 18.3. The van der Waals surface area contributed by atoms with Gasteiger partial charge >= 0.3 is 0 Å². The maximum Gasteiger partial charge on any atom is 0.213 e. The van der Waals surface area contributed by atoms with E-state index in [0.29, 0.717) is 19.7 Å². The average molecular weight is 448 g/mol. The SMILES string of the molecule is CCS(=O)(=O)N(CCOC)C[C@H]1CCC2=C1[C@@H](C)C1=CNN(c3ccc(F)cc3)C1=C2. The lowest BCUT2D eigenvalue weighted by Gasteiger charge is -2.32. The number of anilines is 1. The van der Waals surface area contributed by atoms with Crippen molar-refractivity contribution in [1.82, 2.24) is 9.73 Å². The molecule has 6 nitrogen and oxygen atoms in total. The molecule has 31 heavy (non-hydrogen) atoms. The topological polar surface area (TPSA) is 61.9 Å². The molecular weight excluding hydrogens is 417 g/mol. The van der Waals surface area contributed by atoms with Crippen LogP contribution < -0.4 is 10.4 Å². The predicted octanol–water partition coefficient (Wildman–Crippen LogP) is 3.57.